The summed E-state index contributed by atoms with van der Waals surface area (Å²) in [4.78, 5) is 11.5. The zero-order chi connectivity index (χ0) is 10.5. The molecule has 0 bridgehead atoms. The third-order valence-electron chi connectivity index (χ3n) is 2.04. The molecular formula is C10H12O4S. The Bertz CT molecular complexity index is 303. The van der Waals surface area contributed by atoms with E-state index in [1.54, 1.807) is 11.3 Å². The van der Waals surface area contributed by atoms with Gasteiger partial charge in [-0.25, -0.2) is 4.79 Å². The van der Waals surface area contributed by atoms with Gasteiger partial charge in [0.1, 0.15) is 6.61 Å². The van der Waals surface area contributed by atoms with E-state index in [-0.39, 0.29) is 5.97 Å². The second-order valence-electron chi connectivity index (χ2n) is 3.17. The van der Waals surface area contributed by atoms with Crippen LogP contribution >= 0.6 is 11.3 Å². The zero-order valence-corrected chi connectivity index (χ0v) is 9.00. The van der Waals surface area contributed by atoms with Gasteiger partial charge in [-0.05, 0) is 16.8 Å². The molecule has 0 aromatic carbocycles. The quantitative estimate of drug-likeness (QED) is 0.729. The number of thiophene rings is 1. The summed E-state index contributed by atoms with van der Waals surface area (Å²) in [5.41, 5.74) is 1.00. The van der Waals surface area contributed by atoms with Gasteiger partial charge >= 0.3 is 5.97 Å². The van der Waals surface area contributed by atoms with Gasteiger partial charge in [0.2, 0.25) is 0 Å². The Labute approximate surface area is 91.8 Å². The predicted molar refractivity (Wildman–Crippen MR) is 54.7 cm³/mol. The van der Waals surface area contributed by atoms with Crippen LogP contribution in [0, 0.1) is 0 Å². The molecule has 82 valence electrons. The third-order valence-corrected chi connectivity index (χ3v) is 2.77. The monoisotopic (exact) mass is 228 g/mol. The molecule has 0 aliphatic carbocycles. The number of hydrogen-bond acceptors (Lipinski definition) is 5. The summed E-state index contributed by atoms with van der Waals surface area (Å²) in [6.07, 6.45) is -0.558. The molecular weight excluding hydrogens is 216 g/mol. The fraction of sp³-hybridized carbons (Fsp3) is 0.500. The second kappa shape index (κ2) is 5.25. The molecule has 4 nitrogen and oxygen atoms in total. The maximum absolute atomic E-state index is 11.5. The van der Waals surface area contributed by atoms with Crippen LogP contribution in [0.3, 0.4) is 0 Å². The van der Waals surface area contributed by atoms with Crippen LogP contribution in [0.1, 0.15) is 5.56 Å². The van der Waals surface area contributed by atoms with Crippen molar-refractivity contribution in [2.24, 2.45) is 0 Å². The highest BCUT2D eigenvalue weighted by Gasteiger charge is 2.23. The summed E-state index contributed by atoms with van der Waals surface area (Å²) in [7, 11) is 0. The average molecular weight is 228 g/mol. The minimum atomic E-state index is -0.558. The summed E-state index contributed by atoms with van der Waals surface area (Å²) >= 11 is 1.58. The first kappa shape index (κ1) is 10.6. The number of carbonyl (C=O) groups is 1. The molecule has 0 spiro atoms. The Hall–Kier alpha value is -0.910. The van der Waals surface area contributed by atoms with Gasteiger partial charge in [-0.15, -0.1) is 0 Å². The summed E-state index contributed by atoms with van der Waals surface area (Å²) in [5.74, 6) is -0.346. The number of rotatable bonds is 3. The molecule has 1 aliphatic rings. The lowest BCUT2D eigenvalue weighted by atomic mass is 10.3. The lowest BCUT2D eigenvalue weighted by molar-refractivity contribution is -0.172. The number of carbonyl (C=O) groups excluding carboxylic acids is 1. The normalized spacial score (nSPS) is 21.2. The first-order valence-corrected chi connectivity index (χ1v) is 5.67. The van der Waals surface area contributed by atoms with Crippen molar-refractivity contribution in [1.29, 1.82) is 0 Å². The van der Waals surface area contributed by atoms with Gasteiger partial charge in [-0.3, -0.25) is 0 Å². The van der Waals surface area contributed by atoms with Crippen molar-refractivity contribution < 1.29 is 19.0 Å². The largest absolute Gasteiger partial charge is 0.459 e. The van der Waals surface area contributed by atoms with E-state index in [1.807, 2.05) is 16.8 Å². The Morgan fingerprint density at radius 3 is 3.20 bits per heavy atom. The van der Waals surface area contributed by atoms with E-state index in [1.165, 1.54) is 0 Å². The highest BCUT2D eigenvalue weighted by Crippen LogP contribution is 2.09. The Morgan fingerprint density at radius 1 is 1.60 bits per heavy atom. The Kier molecular flexibility index (Phi) is 3.71. The molecule has 1 saturated heterocycles. The number of hydrogen-bond donors (Lipinski definition) is 0. The van der Waals surface area contributed by atoms with Crippen LogP contribution < -0.4 is 0 Å². The molecule has 1 aromatic heterocycles. The maximum atomic E-state index is 11.5. The molecule has 15 heavy (non-hydrogen) atoms. The van der Waals surface area contributed by atoms with E-state index in [0.717, 1.165) is 5.56 Å². The van der Waals surface area contributed by atoms with Crippen molar-refractivity contribution in [3.05, 3.63) is 22.4 Å². The van der Waals surface area contributed by atoms with E-state index in [4.69, 9.17) is 14.2 Å². The average Bonchev–Trinajstić information content (AvgIpc) is 2.80. The Balaban J connectivity index is 1.76. The van der Waals surface area contributed by atoms with Crippen LogP contribution in [0.4, 0.5) is 0 Å². The molecule has 0 radical (unpaired) electrons. The van der Waals surface area contributed by atoms with Crippen LogP contribution in [-0.4, -0.2) is 31.9 Å². The van der Waals surface area contributed by atoms with Crippen LogP contribution in [0.2, 0.25) is 0 Å². The molecule has 5 heteroatoms. The van der Waals surface area contributed by atoms with E-state index < -0.39 is 6.10 Å². The summed E-state index contributed by atoms with van der Waals surface area (Å²) in [6, 6.07) is 1.93. The fourth-order valence-electron chi connectivity index (χ4n) is 1.25. The van der Waals surface area contributed by atoms with Gasteiger partial charge in [0.25, 0.3) is 0 Å². The van der Waals surface area contributed by atoms with Gasteiger partial charge in [0, 0.05) is 5.56 Å². The molecule has 2 heterocycles. The predicted octanol–water partition coefficient (Wildman–Crippen LogP) is 1.21. The fourth-order valence-corrected chi connectivity index (χ4v) is 1.90. The van der Waals surface area contributed by atoms with Gasteiger partial charge in [0.15, 0.2) is 6.10 Å². The minimum Gasteiger partial charge on any atom is -0.459 e. The smallest absolute Gasteiger partial charge is 0.338 e. The molecule has 0 N–H and O–H groups in total. The van der Waals surface area contributed by atoms with Crippen molar-refractivity contribution in [3.63, 3.8) is 0 Å². The number of ether oxygens (including phenoxy) is 3. The lowest BCUT2D eigenvalue weighted by Gasteiger charge is -2.21. The highest BCUT2D eigenvalue weighted by molar-refractivity contribution is 7.07. The van der Waals surface area contributed by atoms with Crippen molar-refractivity contribution in [2.75, 3.05) is 19.8 Å². The van der Waals surface area contributed by atoms with Crippen molar-refractivity contribution >= 4 is 17.3 Å². The number of esters is 1. The topological polar surface area (TPSA) is 44.8 Å². The van der Waals surface area contributed by atoms with Crippen LogP contribution in [0.5, 0.6) is 0 Å². The van der Waals surface area contributed by atoms with E-state index in [2.05, 4.69) is 0 Å². The van der Waals surface area contributed by atoms with Crippen molar-refractivity contribution in [1.82, 2.24) is 0 Å². The zero-order valence-electron chi connectivity index (χ0n) is 8.18. The van der Waals surface area contributed by atoms with E-state index in [0.29, 0.717) is 26.4 Å². The van der Waals surface area contributed by atoms with Gasteiger partial charge in [-0.2, -0.15) is 11.3 Å². The van der Waals surface area contributed by atoms with E-state index in [9.17, 15) is 4.79 Å². The SMILES string of the molecule is O=C(OCc1ccsc1)C1COCCO1. The molecule has 1 aromatic rings. The summed E-state index contributed by atoms with van der Waals surface area (Å²) in [5, 5.41) is 3.90. The molecule has 2 rings (SSSR count). The first-order chi connectivity index (χ1) is 7.36. The van der Waals surface area contributed by atoms with Crippen molar-refractivity contribution in [3.8, 4) is 0 Å². The summed E-state index contributed by atoms with van der Waals surface area (Å²) in [6.45, 7) is 1.61. The van der Waals surface area contributed by atoms with Gasteiger partial charge in [-0.1, -0.05) is 0 Å². The minimum absolute atomic E-state index is 0.294. The maximum Gasteiger partial charge on any atom is 0.338 e. The second-order valence-corrected chi connectivity index (χ2v) is 3.95. The van der Waals surface area contributed by atoms with Crippen LogP contribution in [0.25, 0.3) is 0 Å². The molecule has 1 fully saturated rings. The third kappa shape index (κ3) is 3.02. The van der Waals surface area contributed by atoms with Crippen molar-refractivity contribution in [2.45, 2.75) is 12.7 Å². The lowest BCUT2D eigenvalue weighted by Crippen LogP contribution is -2.36. The van der Waals surface area contributed by atoms with Gasteiger partial charge in [0.05, 0.1) is 19.8 Å². The molecule has 1 atom stereocenters. The van der Waals surface area contributed by atoms with Gasteiger partial charge < -0.3 is 14.2 Å². The van der Waals surface area contributed by atoms with E-state index >= 15 is 0 Å². The molecule has 1 unspecified atom stereocenters. The van der Waals surface area contributed by atoms with Crippen LogP contribution in [-0.2, 0) is 25.6 Å². The molecule has 0 saturated carbocycles. The Morgan fingerprint density at radius 2 is 2.53 bits per heavy atom. The summed E-state index contributed by atoms with van der Waals surface area (Å²) < 4.78 is 15.4. The first-order valence-electron chi connectivity index (χ1n) is 4.73. The molecule has 0 amide bonds. The molecule has 1 aliphatic heterocycles. The standard InChI is InChI=1S/C10H12O4S/c11-10(9-6-12-2-3-13-9)14-5-8-1-4-15-7-8/h1,4,7,9H,2-3,5-6H2. The highest BCUT2D eigenvalue weighted by atomic mass is 32.1. The van der Waals surface area contributed by atoms with Crippen LogP contribution in [0.15, 0.2) is 16.8 Å².